The van der Waals surface area contributed by atoms with Crippen molar-refractivity contribution < 1.29 is 0 Å². The van der Waals surface area contributed by atoms with Gasteiger partial charge in [-0.2, -0.15) is 0 Å². The summed E-state index contributed by atoms with van der Waals surface area (Å²) in [7, 11) is 0. The van der Waals surface area contributed by atoms with Crippen LogP contribution in [0.15, 0.2) is 16.6 Å². The molecule has 0 aromatic heterocycles. The highest BCUT2D eigenvalue weighted by atomic mass is 79.9. The van der Waals surface area contributed by atoms with Gasteiger partial charge in [-0.3, -0.25) is 0 Å². The summed E-state index contributed by atoms with van der Waals surface area (Å²) in [5, 5.41) is 1.91. The Labute approximate surface area is 92.1 Å². The Morgan fingerprint density at radius 2 is 1.91 bits per heavy atom. The van der Waals surface area contributed by atoms with E-state index in [0.29, 0.717) is 10.0 Å². The normalized spacial score (nSPS) is 10.2. The van der Waals surface area contributed by atoms with Crippen LogP contribution in [0.1, 0.15) is 5.56 Å². The maximum atomic E-state index is 5.86. The molecule has 0 amide bonds. The van der Waals surface area contributed by atoms with E-state index in [1.54, 1.807) is 6.07 Å². The lowest BCUT2D eigenvalue weighted by Crippen LogP contribution is -1.81. The van der Waals surface area contributed by atoms with Crippen LogP contribution in [0.25, 0.3) is 0 Å². The van der Waals surface area contributed by atoms with Crippen molar-refractivity contribution in [2.75, 3.05) is 0 Å². The second kappa shape index (κ2) is 4.13. The monoisotopic (exact) mass is 316 g/mol. The third kappa shape index (κ3) is 2.11. The van der Waals surface area contributed by atoms with Crippen LogP contribution in [0.3, 0.4) is 0 Å². The van der Waals surface area contributed by atoms with Gasteiger partial charge < -0.3 is 0 Å². The number of benzene rings is 1. The lowest BCUT2D eigenvalue weighted by atomic mass is 10.2. The van der Waals surface area contributed by atoms with Gasteiger partial charge in [-0.15, -0.1) is 0 Å². The standard InChI is InChI=1S/C7H4Br2Cl2/c8-3-4-1-2-5(10)7(11)6(4)9/h1-2H,3H2. The highest BCUT2D eigenvalue weighted by Gasteiger charge is 2.06. The van der Waals surface area contributed by atoms with Crippen LogP contribution < -0.4 is 0 Å². The zero-order chi connectivity index (χ0) is 8.43. The van der Waals surface area contributed by atoms with Crippen LogP contribution in [0, 0.1) is 0 Å². The molecule has 0 heterocycles. The molecule has 60 valence electrons. The summed E-state index contributed by atoms with van der Waals surface area (Å²) < 4.78 is 0.864. The molecule has 0 N–H and O–H groups in total. The zero-order valence-electron chi connectivity index (χ0n) is 5.37. The van der Waals surface area contributed by atoms with Gasteiger partial charge in [0.05, 0.1) is 10.0 Å². The number of rotatable bonds is 1. The van der Waals surface area contributed by atoms with E-state index in [2.05, 4.69) is 31.9 Å². The molecule has 1 aromatic rings. The van der Waals surface area contributed by atoms with E-state index in [1.165, 1.54) is 0 Å². The molecule has 11 heavy (non-hydrogen) atoms. The van der Waals surface area contributed by atoms with E-state index in [-0.39, 0.29) is 0 Å². The predicted molar refractivity (Wildman–Crippen MR) is 56.8 cm³/mol. The Kier molecular flexibility index (Phi) is 3.69. The lowest BCUT2D eigenvalue weighted by molar-refractivity contribution is 1.40. The topological polar surface area (TPSA) is 0 Å². The molecule has 0 bridgehead atoms. The summed E-state index contributed by atoms with van der Waals surface area (Å²) in [6.45, 7) is 0. The second-order valence-corrected chi connectivity index (χ2v) is 4.11. The smallest absolute Gasteiger partial charge is 0.0737 e. The van der Waals surface area contributed by atoms with E-state index in [9.17, 15) is 0 Å². The molecule has 0 aliphatic carbocycles. The molecule has 0 spiro atoms. The van der Waals surface area contributed by atoms with Crippen molar-refractivity contribution in [1.82, 2.24) is 0 Å². The zero-order valence-corrected chi connectivity index (χ0v) is 10.1. The fourth-order valence-electron chi connectivity index (χ4n) is 0.669. The summed E-state index contributed by atoms with van der Waals surface area (Å²) in [6.07, 6.45) is 0. The molecule has 0 saturated carbocycles. The van der Waals surface area contributed by atoms with Gasteiger partial charge in [0.1, 0.15) is 0 Å². The van der Waals surface area contributed by atoms with Gasteiger partial charge >= 0.3 is 0 Å². The summed E-state index contributed by atoms with van der Waals surface area (Å²) in [5.41, 5.74) is 1.10. The fraction of sp³-hybridized carbons (Fsp3) is 0.143. The van der Waals surface area contributed by atoms with Gasteiger partial charge in [0, 0.05) is 9.80 Å². The Morgan fingerprint density at radius 1 is 1.27 bits per heavy atom. The molecule has 1 aromatic carbocycles. The quantitative estimate of drug-likeness (QED) is 0.522. The molecule has 0 aliphatic rings. The molecule has 0 aliphatic heterocycles. The molecule has 0 saturated heterocycles. The third-order valence-corrected chi connectivity index (χ3v) is 3.80. The molecule has 1 rings (SSSR count). The van der Waals surface area contributed by atoms with Crippen LogP contribution in [0.5, 0.6) is 0 Å². The Balaban J connectivity index is 3.25. The molecule has 0 nitrogen and oxygen atoms in total. The van der Waals surface area contributed by atoms with E-state index < -0.39 is 0 Å². The summed E-state index contributed by atoms with van der Waals surface area (Å²) >= 11 is 18.3. The van der Waals surface area contributed by atoms with Crippen LogP contribution >= 0.6 is 55.1 Å². The average molecular weight is 319 g/mol. The summed E-state index contributed by atoms with van der Waals surface area (Å²) in [4.78, 5) is 0. The van der Waals surface area contributed by atoms with Crippen molar-refractivity contribution in [2.24, 2.45) is 0 Å². The Hall–Kier alpha value is 0.760. The number of hydrogen-bond acceptors (Lipinski definition) is 0. The maximum Gasteiger partial charge on any atom is 0.0737 e. The lowest BCUT2D eigenvalue weighted by Gasteiger charge is -2.03. The molecule has 0 fully saturated rings. The SMILES string of the molecule is Clc1ccc(CBr)c(Br)c1Cl. The average Bonchev–Trinajstić information content (AvgIpc) is 2.01. The van der Waals surface area contributed by atoms with Crippen molar-refractivity contribution >= 4 is 55.1 Å². The van der Waals surface area contributed by atoms with E-state index in [4.69, 9.17) is 23.2 Å². The van der Waals surface area contributed by atoms with Crippen molar-refractivity contribution in [3.05, 3.63) is 32.2 Å². The molecule has 0 unspecified atom stereocenters. The van der Waals surface area contributed by atoms with Crippen LogP contribution in [0.4, 0.5) is 0 Å². The number of hydrogen-bond donors (Lipinski definition) is 0. The molecule has 4 heteroatoms. The minimum Gasteiger partial charge on any atom is -0.0876 e. The Morgan fingerprint density at radius 3 is 2.45 bits per heavy atom. The third-order valence-electron chi connectivity index (χ3n) is 1.26. The van der Waals surface area contributed by atoms with Crippen LogP contribution in [-0.2, 0) is 5.33 Å². The van der Waals surface area contributed by atoms with E-state index >= 15 is 0 Å². The predicted octanol–water partition coefficient (Wildman–Crippen LogP) is 4.65. The minimum absolute atomic E-state index is 0.572. The number of alkyl halides is 1. The van der Waals surface area contributed by atoms with Gasteiger partial charge in [-0.05, 0) is 27.6 Å². The van der Waals surface area contributed by atoms with Gasteiger partial charge in [0.25, 0.3) is 0 Å². The molecular weight excluding hydrogens is 315 g/mol. The van der Waals surface area contributed by atoms with Gasteiger partial charge in [-0.25, -0.2) is 0 Å². The van der Waals surface area contributed by atoms with Crippen molar-refractivity contribution in [3.63, 3.8) is 0 Å². The van der Waals surface area contributed by atoms with Crippen molar-refractivity contribution in [1.29, 1.82) is 0 Å². The van der Waals surface area contributed by atoms with Crippen molar-refractivity contribution in [2.45, 2.75) is 5.33 Å². The maximum absolute atomic E-state index is 5.86. The second-order valence-electron chi connectivity index (χ2n) is 1.97. The highest BCUT2D eigenvalue weighted by Crippen LogP contribution is 2.33. The Bertz CT molecular complexity index is 273. The van der Waals surface area contributed by atoms with Crippen LogP contribution in [0.2, 0.25) is 10.0 Å². The first-order valence-corrected chi connectivity index (χ1v) is 5.52. The van der Waals surface area contributed by atoms with E-state index in [0.717, 1.165) is 15.4 Å². The largest absolute Gasteiger partial charge is 0.0876 e. The first-order chi connectivity index (χ1) is 5.16. The summed E-state index contributed by atoms with van der Waals surface area (Å²) in [6, 6.07) is 3.71. The van der Waals surface area contributed by atoms with Gasteiger partial charge in [-0.1, -0.05) is 45.2 Å². The molecule has 0 radical (unpaired) electrons. The van der Waals surface area contributed by atoms with Gasteiger partial charge in [0.15, 0.2) is 0 Å². The molecule has 0 atom stereocenters. The first-order valence-electron chi connectivity index (χ1n) is 2.85. The number of halogens is 4. The first kappa shape index (κ1) is 9.85. The van der Waals surface area contributed by atoms with Crippen molar-refractivity contribution in [3.8, 4) is 0 Å². The molecular formula is C7H4Br2Cl2. The van der Waals surface area contributed by atoms with Gasteiger partial charge in [0.2, 0.25) is 0 Å². The highest BCUT2D eigenvalue weighted by molar-refractivity contribution is 9.10. The van der Waals surface area contributed by atoms with Crippen LogP contribution in [-0.4, -0.2) is 0 Å². The minimum atomic E-state index is 0.572. The van der Waals surface area contributed by atoms with E-state index in [1.807, 2.05) is 6.07 Å². The summed E-state index contributed by atoms with van der Waals surface area (Å²) in [5.74, 6) is 0. The fourth-order valence-corrected chi connectivity index (χ4v) is 2.45.